The quantitative estimate of drug-likeness (QED) is 0.516. The van der Waals surface area contributed by atoms with E-state index >= 15 is 0 Å². The van der Waals surface area contributed by atoms with Gasteiger partial charge in [-0.2, -0.15) is 0 Å². The van der Waals surface area contributed by atoms with E-state index in [0.29, 0.717) is 5.69 Å². The molecule has 9 heteroatoms. The summed E-state index contributed by atoms with van der Waals surface area (Å²) >= 11 is 2.76. The van der Waals surface area contributed by atoms with Crippen LogP contribution in [0.4, 0.5) is 11.4 Å². The molecule has 0 spiro atoms. The number of nitrogens with zero attached hydrogens (tertiary/aromatic N) is 3. The average molecular weight is 324 g/mol. The SMILES string of the molecule is Cc1nnc(SC(C)C(=O)Nc2ccc([N+](=O)[O-])cc2)s1. The van der Waals surface area contributed by atoms with Crippen molar-refractivity contribution in [3.05, 3.63) is 39.4 Å². The van der Waals surface area contributed by atoms with Crippen molar-refractivity contribution in [2.75, 3.05) is 5.32 Å². The highest BCUT2D eigenvalue weighted by Gasteiger charge is 2.17. The largest absolute Gasteiger partial charge is 0.325 e. The van der Waals surface area contributed by atoms with E-state index in [0.717, 1.165) is 9.35 Å². The summed E-state index contributed by atoms with van der Waals surface area (Å²) < 4.78 is 0.735. The molecule has 1 N–H and O–H groups in total. The Balaban J connectivity index is 1.95. The molecule has 1 unspecified atom stereocenters. The van der Waals surface area contributed by atoms with Crippen LogP contribution in [-0.2, 0) is 4.79 Å². The fourth-order valence-corrected chi connectivity index (χ4v) is 3.40. The molecule has 21 heavy (non-hydrogen) atoms. The number of aromatic nitrogens is 2. The highest BCUT2D eigenvalue weighted by Crippen LogP contribution is 2.27. The van der Waals surface area contributed by atoms with Crippen molar-refractivity contribution < 1.29 is 9.72 Å². The molecule has 1 aromatic carbocycles. The predicted octanol–water partition coefficient (Wildman–Crippen LogP) is 2.87. The summed E-state index contributed by atoms with van der Waals surface area (Å²) in [5, 5.41) is 21.6. The van der Waals surface area contributed by atoms with Crippen molar-refractivity contribution in [2.45, 2.75) is 23.4 Å². The van der Waals surface area contributed by atoms with Gasteiger partial charge >= 0.3 is 0 Å². The minimum absolute atomic E-state index is 0.0141. The second-order valence-electron chi connectivity index (χ2n) is 4.14. The van der Waals surface area contributed by atoms with Gasteiger partial charge in [-0.15, -0.1) is 10.2 Å². The van der Waals surface area contributed by atoms with Gasteiger partial charge in [0, 0.05) is 17.8 Å². The van der Waals surface area contributed by atoms with Crippen LogP contribution in [0.5, 0.6) is 0 Å². The number of amides is 1. The average Bonchev–Trinajstić information content (AvgIpc) is 2.84. The number of anilines is 1. The molecule has 0 aliphatic carbocycles. The van der Waals surface area contributed by atoms with Gasteiger partial charge in [0.15, 0.2) is 4.34 Å². The number of rotatable bonds is 5. The molecule has 110 valence electrons. The molecule has 0 saturated carbocycles. The number of nitro groups is 1. The summed E-state index contributed by atoms with van der Waals surface area (Å²) in [4.78, 5) is 22.1. The summed E-state index contributed by atoms with van der Waals surface area (Å²) in [5.74, 6) is -0.193. The molecule has 0 saturated heterocycles. The first kappa shape index (κ1) is 15.4. The second kappa shape index (κ2) is 6.64. The summed E-state index contributed by atoms with van der Waals surface area (Å²) in [6.45, 7) is 3.62. The van der Waals surface area contributed by atoms with Crippen LogP contribution in [-0.4, -0.2) is 26.3 Å². The van der Waals surface area contributed by atoms with Gasteiger partial charge in [-0.05, 0) is 26.0 Å². The van der Waals surface area contributed by atoms with E-state index < -0.39 is 4.92 Å². The summed E-state index contributed by atoms with van der Waals surface area (Å²) in [7, 11) is 0. The van der Waals surface area contributed by atoms with E-state index in [4.69, 9.17) is 0 Å². The first-order valence-electron chi connectivity index (χ1n) is 5.98. The third-order valence-corrected chi connectivity index (χ3v) is 4.52. The number of carbonyl (C=O) groups is 1. The van der Waals surface area contributed by atoms with E-state index in [1.807, 2.05) is 6.92 Å². The molecule has 0 radical (unpaired) electrons. The molecule has 2 rings (SSSR count). The maximum atomic E-state index is 12.0. The molecule has 0 aliphatic rings. The van der Waals surface area contributed by atoms with Crippen molar-refractivity contribution in [1.82, 2.24) is 10.2 Å². The fourth-order valence-electron chi connectivity index (χ4n) is 1.44. The van der Waals surface area contributed by atoms with Gasteiger partial charge < -0.3 is 5.32 Å². The zero-order valence-corrected chi connectivity index (χ0v) is 12.9. The van der Waals surface area contributed by atoms with E-state index in [2.05, 4.69) is 15.5 Å². The first-order chi connectivity index (χ1) is 9.95. The molecule has 1 amide bonds. The van der Waals surface area contributed by atoms with E-state index in [9.17, 15) is 14.9 Å². The smallest absolute Gasteiger partial charge is 0.269 e. The number of benzene rings is 1. The topological polar surface area (TPSA) is 98.0 Å². The third kappa shape index (κ3) is 4.23. The lowest BCUT2D eigenvalue weighted by molar-refractivity contribution is -0.384. The van der Waals surface area contributed by atoms with Crippen molar-refractivity contribution in [3.8, 4) is 0 Å². The highest BCUT2D eigenvalue weighted by atomic mass is 32.2. The van der Waals surface area contributed by atoms with Gasteiger partial charge in [0.2, 0.25) is 5.91 Å². The summed E-state index contributed by atoms with van der Waals surface area (Å²) in [5.41, 5.74) is 0.506. The van der Waals surface area contributed by atoms with Crippen molar-refractivity contribution >= 4 is 40.4 Å². The van der Waals surface area contributed by atoms with Crippen molar-refractivity contribution in [1.29, 1.82) is 0 Å². The Labute approximate surface area is 128 Å². The predicted molar refractivity (Wildman–Crippen MR) is 81.7 cm³/mol. The normalized spacial score (nSPS) is 11.9. The van der Waals surface area contributed by atoms with Crippen LogP contribution in [0, 0.1) is 17.0 Å². The molecule has 1 aromatic heterocycles. The maximum absolute atomic E-state index is 12.0. The number of aryl methyl sites for hydroxylation is 1. The number of thioether (sulfide) groups is 1. The number of hydrogen-bond acceptors (Lipinski definition) is 7. The van der Waals surface area contributed by atoms with Gasteiger partial charge in [-0.25, -0.2) is 0 Å². The van der Waals surface area contributed by atoms with Crippen LogP contribution in [0.25, 0.3) is 0 Å². The van der Waals surface area contributed by atoms with Gasteiger partial charge in [0.05, 0.1) is 10.2 Å². The second-order valence-corrected chi connectivity index (χ2v) is 6.91. The lowest BCUT2D eigenvalue weighted by Gasteiger charge is -2.09. The van der Waals surface area contributed by atoms with E-state index in [-0.39, 0.29) is 16.8 Å². The molecule has 2 aromatic rings. The minimum atomic E-state index is -0.484. The standard InChI is InChI=1S/C12H12N4O3S2/c1-7(20-12-15-14-8(2)21-12)11(17)13-9-3-5-10(6-4-9)16(18)19/h3-7H,1-2H3,(H,13,17). The van der Waals surface area contributed by atoms with Gasteiger partial charge in [0.25, 0.3) is 5.69 Å². The third-order valence-electron chi connectivity index (χ3n) is 2.50. The minimum Gasteiger partial charge on any atom is -0.325 e. The lowest BCUT2D eigenvalue weighted by atomic mass is 10.3. The monoisotopic (exact) mass is 324 g/mol. The van der Waals surface area contributed by atoms with Crippen LogP contribution in [0.3, 0.4) is 0 Å². The van der Waals surface area contributed by atoms with Crippen LogP contribution < -0.4 is 5.32 Å². The Hall–Kier alpha value is -2.00. The molecule has 1 atom stereocenters. The fraction of sp³-hybridized carbons (Fsp3) is 0.250. The molecule has 7 nitrogen and oxygen atoms in total. The van der Waals surface area contributed by atoms with Crippen LogP contribution in [0.1, 0.15) is 11.9 Å². The molecule has 0 fully saturated rings. The summed E-state index contributed by atoms with van der Waals surface area (Å²) in [6, 6.07) is 5.70. The van der Waals surface area contributed by atoms with Gasteiger partial charge in [-0.3, -0.25) is 14.9 Å². The number of nitro benzene ring substituents is 1. The Kier molecular flexibility index (Phi) is 4.86. The molecule has 1 heterocycles. The Morgan fingerprint density at radius 1 is 1.38 bits per heavy atom. The zero-order valence-electron chi connectivity index (χ0n) is 11.3. The summed E-state index contributed by atoms with van der Waals surface area (Å²) in [6.07, 6.45) is 0. The van der Waals surface area contributed by atoms with Crippen molar-refractivity contribution in [2.24, 2.45) is 0 Å². The van der Waals surface area contributed by atoms with Gasteiger partial charge in [0.1, 0.15) is 5.01 Å². The maximum Gasteiger partial charge on any atom is 0.269 e. The number of non-ortho nitro benzene ring substituents is 1. The molecule has 0 bridgehead atoms. The van der Waals surface area contributed by atoms with Gasteiger partial charge in [-0.1, -0.05) is 23.1 Å². The zero-order chi connectivity index (χ0) is 15.4. The van der Waals surface area contributed by atoms with Crippen LogP contribution in [0.2, 0.25) is 0 Å². The molecular weight excluding hydrogens is 312 g/mol. The Morgan fingerprint density at radius 3 is 2.57 bits per heavy atom. The lowest BCUT2D eigenvalue weighted by Crippen LogP contribution is -2.22. The van der Waals surface area contributed by atoms with E-state index in [1.54, 1.807) is 6.92 Å². The first-order valence-corrected chi connectivity index (χ1v) is 7.67. The van der Waals surface area contributed by atoms with Crippen molar-refractivity contribution in [3.63, 3.8) is 0 Å². The van der Waals surface area contributed by atoms with Crippen LogP contribution >= 0.6 is 23.1 Å². The molecule has 0 aliphatic heterocycles. The number of carbonyl (C=O) groups excluding carboxylic acids is 1. The highest BCUT2D eigenvalue weighted by molar-refractivity contribution is 8.02. The Morgan fingerprint density at radius 2 is 2.05 bits per heavy atom. The van der Waals surface area contributed by atoms with E-state index in [1.165, 1.54) is 47.4 Å². The number of hydrogen-bond donors (Lipinski definition) is 1. The Bertz CT molecular complexity index is 657. The van der Waals surface area contributed by atoms with Crippen LogP contribution in [0.15, 0.2) is 28.6 Å². The molecular formula is C12H12N4O3S2. The number of nitrogens with one attached hydrogen (secondary N) is 1.